The minimum atomic E-state index is -3.21. The molecule has 78 valence electrons. The van der Waals surface area contributed by atoms with Gasteiger partial charge in [0.05, 0.1) is 0 Å². The zero-order chi connectivity index (χ0) is 10.9. The van der Waals surface area contributed by atoms with Crippen molar-refractivity contribution in [3.05, 3.63) is 47.6 Å². The number of benzene rings is 1. The number of nitrogens with zero attached hydrogens (tertiary/aromatic N) is 2. The second-order valence-corrected chi connectivity index (χ2v) is 3.20. The first-order valence-electron chi connectivity index (χ1n) is 4.32. The highest BCUT2D eigenvalue weighted by Crippen LogP contribution is 2.33. The van der Waals surface area contributed by atoms with E-state index in [9.17, 15) is 8.78 Å². The van der Waals surface area contributed by atoms with Crippen LogP contribution in [0, 0.1) is 6.92 Å². The van der Waals surface area contributed by atoms with Crippen molar-refractivity contribution in [2.75, 3.05) is 0 Å². The Labute approximate surface area is 84.7 Å². The van der Waals surface area contributed by atoms with E-state index < -0.39 is 11.7 Å². The number of aryl methyl sites for hydroxylation is 1. The quantitative estimate of drug-likeness (QED) is 0.764. The number of hydrogen-bond donors (Lipinski definition) is 0. The summed E-state index contributed by atoms with van der Waals surface area (Å²) >= 11 is 0. The third-order valence-corrected chi connectivity index (χ3v) is 2.06. The van der Waals surface area contributed by atoms with Gasteiger partial charge in [0.15, 0.2) is 0 Å². The van der Waals surface area contributed by atoms with Crippen LogP contribution in [0.1, 0.15) is 17.0 Å². The Morgan fingerprint density at radius 2 is 1.87 bits per heavy atom. The maximum Gasteiger partial charge on any atom is 0.335 e. The van der Waals surface area contributed by atoms with Crippen LogP contribution in [-0.2, 0) is 5.92 Å². The molecule has 0 aliphatic carbocycles. The molecule has 0 aliphatic rings. The third-order valence-electron chi connectivity index (χ3n) is 2.06. The fourth-order valence-electron chi connectivity index (χ4n) is 1.20. The summed E-state index contributed by atoms with van der Waals surface area (Å²) < 4.78 is 31.6. The molecular formula is C10H8F2N2O. The van der Waals surface area contributed by atoms with Gasteiger partial charge in [0, 0.05) is 5.56 Å². The van der Waals surface area contributed by atoms with Crippen LogP contribution in [0.3, 0.4) is 0 Å². The van der Waals surface area contributed by atoms with E-state index in [4.69, 9.17) is 0 Å². The molecule has 2 rings (SSSR count). The first-order valence-corrected chi connectivity index (χ1v) is 4.32. The van der Waals surface area contributed by atoms with Gasteiger partial charge in [-0.2, -0.15) is 13.8 Å². The van der Waals surface area contributed by atoms with Crippen LogP contribution in [0.15, 0.2) is 35.2 Å². The van der Waals surface area contributed by atoms with E-state index in [1.165, 1.54) is 12.1 Å². The van der Waals surface area contributed by atoms with E-state index >= 15 is 0 Å². The predicted octanol–water partition coefficient (Wildman–Crippen LogP) is 2.52. The van der Waals surface area contributed by atoms with E-state index in [0.717, 1.165) is 12.0 Å². The average molecular weight is 210 g/mol. The standard InChI is InChI=1S/C10H8F2N2O/c1-7-2-4-8(5-3-7)10(11,12)9-13-6-15-14-9/h2-6H,1H3. The zero-order valence-corrected chi connectivity index (χ0v) is 7.95. The predicted molar refractivity (Wildman–Crippen MR) is 48.5 cm³/mol. The van der Waals surface area contributed by atoms with Crippen molar-refractivity contribution in [2.24, 2.45) is 0 Å². The normalized spacial score (nSPS) is 11.7. The SMILES string of the molecule is Cc1ccc(C(F)(F)c2ncon2)cc1. The molecule has 2 aromatic rings. The van der Waals surface area contributed by atoms with Gasteiger partial charge < -0.3 is 4.52 Å². The van der Waals surface area contributed by atoms with E-state index in [1.54, 1.807) is 12.1 Å². The number of alkyl halides is 2. The van der Waals surface area contributed by atoms with Gasteiger partial charge in [0.1, 0.15) is 0 Å². The van der Waals surface area contributed by atoms with Gasteiger partial charge in [-0.25, -0.2) is 0 Å². The van der Waals surface area contributed by atoms with Crippen molar-refractivity contribution in [3.63, 3.8) is 0 Å². The summed E-state index contributed by atoms with van der Waals surface area (Å²) in [6.07, 6.45) is 0.886. The Bertz CT molecular complexity index is 437. The van der Waals surface area contributed by atoms with Crippen LogP contribution in [-0.4, -0.2) is 10.1 Å². The second-order valence-electron chi connectivity index (χ2n) is 3.20. The Morgan fingerprint density at radius 3 is 2.40 bits per heavy atom. The molecule has 0 saturated heterocycles. The van der Waals surface area contributed by atoms with Crippen molar-refractivity contribution in [2.45, 2.75) is 12.8 Å². The van der Waals surface area contributed by atoms with Gasteiger partial charge in [-0.15, -0.1) is 0 Å². The number of halogens is 2. The van der Waals surface area contributed by atoms with Crippen molar-refractivity contribution in [1.82, 2.24) is 10.1 Å². The molecule has 0 unspecified atom stereocenters. The van der Waals surface area contributed by atoms with Crippen molar-refractivity contribution in [1.29, 1.82) is 0 Å². The molecule has 0 N–H and O–H groups in total. The molecule has 1 aromatic heterocycles. The molecule has 0 amide bonds. The highest BCUT2D eigenvalue weighted by atomic mass is 19.3. The summed E-state index contributed by atoms with van der Waals surface area (Å²) in [6, 6.07) is 5.93. The summed E-state index contributed by atoms with van der Waals surface area (Å²) in [4.78, 5) is 3.36. The Hall–Kier alpha value is -1.78. The third kappa shape index (κ3) is 1.72. The molecule has 3 nitrogen and oxygen atoms in total. The topological polar surface area (TPSA) is 38.9 Å². The Balaban J connectivity index is 2.41. The molecule has 5 heteroatoms. The van der Waals surface area contributed by atoms with Crippen LogP contribution in [0.4, 0.5) is 8.78 Å². The number of rotatable bonds is 2. The van der Waals surface area contributed by atoms with Crippen molar-refractivity contribution < 1.29 is 13.3 Å². The van der Waals surface area contributed by atoms with Crippen LogP contribution >= 0.6 is 0 Å². The molecule has 0 bridgehead atoms. The van der Waals surface area contributed by atoms with Crippen molar-refractivity contribution in [3.8, 4) is 0 Å². The number of aromatic nitrogens is 2. The highest BCUT2D eigenvalue weighted by molar-refractivity contribution is 5.28. The summed E-state index contributed by atoms with van der Waals surface area (Å²) in [5, 5.41) is 3.15. The lowest BCUT2D eigenvalue weighted by Crippen LogP contribution is -2.17. The van der Waals surface area contributed by atoms with Crippen LogP contribution < -0.4 is 0 Å². The fraction of sp³-hybridized carbons (Fsp3) is 0.200. The molecule has 0 saturated carbocycles. The minimum absolute atomic E-state index is 0.144. The summed E-state index contributed by atoms with van der Waals surface area (Å²) in [5.74, 6) is -3.83. The molecule has 0 fully saturated rings. The molecule has 0 spiro atoms. The molecule has 1 heterocycles. The Kier molecular flexibility index (Phi) is 2.22. The van der Waals surface area contributed by atoms with E-state index in [1.807, 2.05) is 6.92 Å². The molecule has 0 atom stereocenters. The molecule has 15 heavy (non-hydrogen) atoms. The Morgan fingerprint density at radius 1 is 1.20 bits per heavy atom. The summed E-state index contributed by atoms with van der Waals surface area (Å²) in [7, 11) is 0. The molecular weight excluding hydrogens is 202 g/mol. The van der Waals surface area contributed by atoms with E-state index in [0.29, 0.717) is 0 Å². The average Bonchev–Trinajstić information content (AvgIpc) is 2.71. The number of hydrogen-bond acceptors (Lipinski definition) is 3. The van der Waals surface area contributed by atoms with Gasteiger partial charge >= 0.3 is 5.92 Å². The first kappa shape index (κ1) is 9.76. The zero-order valence-electron chi connectivity index (χ0n) is 7.95. The van der Waals surface area contributed by atoms with Gasteiger partial charge in [0.25, 0.3) is 0 Å². The lowest BCUT2D eigenvalue weighted by molar-refractivity contribution is 0.0304. The largest absolute Gasteiger partial charge is 0.343 e. The van der Waals surface area contributed by atoms with Crippen LogP contribution in [0.2, 0.25) is 0 Å². The lowest BCUT2D eigenvalue weighted by Gasteiger charge is -2.12. The fourth-order valence-corrected chi connectivity index (χ4v) is 1.20. The summed E-state index contributed by atoms with van der Waals surface area (Å²) in [6.45, 7) is 1.83. The maximum atomic E-state index is 13.7. The highest BCUT2D eigenvalue weighted by Gasteiger charge is 2.38. The maximum absolute atomic E-state index is 13.7. The van der Waals surface area contributed by atoms with Gasteiger partial charge in [-0.1, -0.05) is 35.0 Å². The molecule has 0 radical (unpaired) electrons. The van der Waals surface area contributed by atoms with Crippen LogP contribution in [0.25, 0.3) is 0 Å². The van der Waals surface area contributed by atoms with Gasteiger partial charge in [0.2, 0.25) is 12.2 Å². The smallest absolute Gasteiger partial charge is 0.335 e. The summed E-state index contributed by atoms with van der Waals surface area (Å²) in [5.41, 5.74) is 0.775. The molecule has 1 aromatic carbocycles. The van der Waals surface area contributed by atoms with Crippen LogP contribution in [0.5, 0.6) is 0 Å². The first-order chi connectivity index (χ1) is 7.10. The minimum Gasteiger partial charge on any atom is -0.343 e. The van der Waals surface area contributed by atoms with Gasteiger partial charge in [-0.05, 0) is 6.92 Å². The van der Waals surface area contributed by atoms with Crippen molar-refractivity contribution >= 4 is 0 Å². The molecule has 0 aliphatic heterocycles. The van der Waals surface area contributed by atoms with E-state index in [-0.39, 0.29) is 5.56 Å². The van der Waals surface area contributed by atoms with E-state index in [2.05, 4.69) is 14.7 Å². The second kappa shape index (κ2) is 3.42. The monoisotopic (exact) mass is 210 g/mol. The van der Waals surface area contributed by atoms with Gasteiger partial charge in [-0.3, -0.25) is 0 Å². The lowest BCUT2D eigenvalue weighted by atomic mass is 10.1.